The number of aryl methyl sites for hydroxylation is 1. The predicted molar refractivity (Wildman–Crippen MR) is 131 cm³/mol. The topological polar surface area (TPSA) is 39.3 Å². The van der Waals surface area contributed by atoms with Crippen LogP contribution in [0.1, 0.15) is 37.0 Å². The Hall–Kier alpha value is -2.63. The zero-order chi connectivity index (χ0) is 21.8. The van der Waals surface area contributed by atoms with Crippen molar-refractivity contribution in [2.24, 2.45) is 0 Å². The van der Waals surface area contributed by atoms with E-state index in [2.05, 4.69) is 41.1 Å². The maximum absolute atomic E-state index is 13.5. The van der Waals surface area contributed by atoms with E-state index in [1.807, 2.05) is 31.0 Å². The number of nitrogens with one attached hydrogen (secondary N) is 1. The van der Waals surface area contributed by atoms with Gasteiger partial charge >= 0.3 is 0 Å². The van der Waals surface area contributed by atoms with Gasteiger partial charge in [0.15, 0.2) is 0 Å². The normalized spacial score (nSPS) is 17.9. The van der Waals surface area contributed by atoms with Crippen molar-refractivity contribution in [2.45, 2.75) is 32.6 Å². The van der Waals surface area contributed by atoms with Crippen LogP contribution in [0.3, 0.4) is 0 Å². The van der Waals surface area contributed by atoms with Crippen molar-refractivity contribution in [2.75, 3.05) is 31.1 Å². The Bertz CT molecular complexity index is 1210. The highest BCUT2D eigenvalue weighted by atomic mass is 35.5. The molecule has 0 atom stereocenters. The summed E-state index contributed by atoms with van der Waals surface area (Å²) in [5.41, 5.74) is 6.21. The molecule has 1 N–H and O–H groups in total. The molecule has 0 unspecified atom stereocenters. The Morgan fingerprint density at radius 2 is 1.94 bits per heavy atom. The van der Waals surface area contributed by atoms with Gasteiger partial charge in [0.2, 0.25) is 5.91 Å². The van der Waals surface area contributed by atoms with Crippen LogP contribution in [0.2, 0.25) is 0 Å². The highest BCUT2D eigenvalue weighted by molar-refractivity contribution is 6.07. The summed E-state index contributed by atoms with van der Waals surface area (Å²) in [6.45, 7) is 9.48. The van der Waals surface area contributed by atoms with Crippen LogP contribution in [0.4, 0.5) is 10.1 Å². The van der Waals surface area contributed by atoms with Crippen LogP contribution < -0.4 is 4.90 Å². The summed E-state index contributed by atoms with van der Waals surface area (Å²) < 4.78 is 13.5. The number of benzene rings is 2. The molecule has 2 aliphatic rings. The molecule has 4 nitrogen and oxygen atoms in total. The van der Waals surface area contributed by atoms with Crippen LogP contribution in [-0.2, 0) is 10.2 Å². The number of carbonyl (C=O) groups is 1. The summed E-state index contributed by atoms with van der Waals surface area (Å²) in [4.78, 5) is 20.6. The highest BCUT2D eigenvalue weighted by Gasteiger charge is 2.43. The van der Waals surface area contributed by atoms with E-state index in [1.54, 1.807) is 6.07 Å². The van der Waals surface area contributed by atoms with E-state index in [9.17, 15) is 9.18 Å². The van der Waals surface area contributed by atoms with Gasteiger partial charge in [0.1, 0.15) is 5.82 Å². The van der Waals surface area contributed by atoms with Crippen molar-refractivity contribution < 1.29 is 9.18 Å². The predicted octanol–water partition coefficient (Wildman–Crippen LogP) is 5.45. The van der Waals surface area contributed by atoms with Crippen molar-refractivity contribution in [1.82, 2.24) is 9.88 Å². The quantitative estimate of drug-likeness (QED) is 0.570. The zero-order valence-corrected chi connectivity index (χ0v) is 19.6. The monoisotopic (exact) mass is 453 g/mol. The summed E-state index contributed by atoms with van der Waals surface area (Å²) in [5, 5.41) is 1.07. The maximum atomic E-state index is 13.5. The molecule has 2 aromatic carbocycles. The highest BCUT2D eigenvalue weighted by Crippen LogP contribution is 2.41. The minimum Gasteiger partial charge on any atom is -0.360 e. The fraction of sp³-hybridized carbons (Fsp3) is 0.346. The number of hydrogen-bond donors (Lipinski definition) is 1. The molecule has 0 radical (unpaired) electrons. The van der Waals surface area contributed by atoms with Gasteiger partial charge in [0.05, 0.1) is 5.41 Å². The fourth-order valence-electron chi connectivity index (χ4n) is 4.93. The molecule has 0 saturated heterocycles. The lowest BCUT2D eigenvalue weighted by molar-refractivity contribution is -0.122. The Morgan fingerprint density at radius 1 is 1.12 bits per heavy atom. The molecule has 2 aliphatic heterocycles. The van der Waals surface area contributed by atoms with Gasteiger partial charge in [-0.1, -0.05) is 23.8 Å². The molecular weight excluding hydrogens is 425 g/mol. The average molecular weight is 454 g/mol. The molecule has 0 spiro atoms. The smallest absolute Gasteiger partial charge is 0.237 e. The SMILES string of the molecule is Cc1ccc2c(c1)C(C)(C)C(=O)N2CCN1CC=C(c2c[nH]c3cc(F)ccc23)CC1.Cl. The minimum atomic E-state index is -0.467. The number of amides is 1. The van der Waals surface area contributed by atoms with Gasteiger partial charge in [-0.3, -0.25) is 9.69 Å². The van der Waals surface area contributed by atoms with Crippen molar-refractivity contribution in [3.63, 3.8) is 0 Å². The molecule has 32 heavy (non-hydrogen) atoms. The molecule has 168 valence electrons. The van der Waals surface area contributed by atoms with E-state index in [-0.39, 0.29) is 24.1 Å². The molecule has 3 aromatic rings. The van der Waals surface area contributed by atoms with Gasteiger partial charge in [-0.25, -0.2) is 4.39 Å². The Morgan fingerprint density at radius 3 is 2.69 bits per heavy atom. The lowest BCUT2D eigenvalue weighted by Crippen LogP contribution is -2.42. The first-order chi connectivity index (χ1) is 14.8. The number of halogens is 2. The third-order valence-electron chi connectivity index (χ3n) is 6.82. The summed E-state index contributed by atoms with van der Waals surface area (Å²) >= 11 is 0. The number of aromatic nitrogens is 1. The molecule has 1 aromatic heterocycles. The van der Waals surface area contributed by atoms with Crippen LogP contribution in [0.5, 0.6) is 0 Å². The fourth-order valence-corrected chi connectivity index (χ4v) is 4.93. The summed E-state index contributed by atoms with van der Waals surface area (Å²) in [6, 6.07) is 11.2. The molecule has 3 heterocycles. The van der Waals surface area contributed by atoms with Gasteiger partial charge in [0.25, 0.3) is 0 Å². The molecule has 0 bridgehead atoms. The van der Waals surface area contributed by atoms with Crippen molar-refractivity contribution in [1.29, 1.82) is 0 Å². The Kier molecular flexibility index (Phi) is 5.91. The molecule has 0 aliphatic carbocycles. The lowest BCUT2D eigenvalue weighted by atomic mass is 9.85. The molecule has 0 saturated carbocycles. The standard InChI is InChI=1S/C26H28FN3O.ClH/c1-17-4-7-24-22(14-17)26(2,3)25(31)30(24)13-12-29-10-8-18(9-11-29)21-16-28-23-15-19(27)5-6-20(21)23;/h4-8,14-16,28H,9-13H2,1-3H3;1H. The van der Waals surface area contributed by atoms with E-state index >= 15 is 0 Å². The van der Waals surface area contributed by atoms with E-state index in [0.29, 0.717) is 6.54 Å². The number of hydrogen-bond acceptors (Lipinski definition) is 2. The molecule has 5 rings (SSSR count). The average Bonchev–Trinajstić information content (AvgIpc) is 3.24. The molecule has 1 amide bonds. The van der Waals surface area contributed by atoms with E-state index in [1.165, 1.54) is 17.2 Å². The van der Waals surface area contributed by atoms with Gasteiger partial charge in [-0.15, -0.1) is 12.4 Å². The van der Waals surface area contributed by atoms with Crippen LogP contribution in [0.25, 0.3) is 16.5 Å². The van der Waals surface area contributed by atoms with Crippen LogP contribution in [-0.4, -0.2) is 42.0 Å². The van der Waals surface area contributed by atoms with Gasteiger partial charge in [0, 0.05) is 54.5 Å². The van der Waals surface area contributed by atoms with Crippen LogP contribution >= 0.6 is 12.4 Å². The third kappa shape index (κ3) is 3.74. The molecular formula is C26H29ClFN3O. The largest absolute Gasteiger partial charge is 0.360 e. The second-order valence-corrected chi connectivity index (χ2v) is 9.27. The van der Waals surface area contributed by atoms with Gasteiger partial charge < -0.3 is 9.88 Å². The number of aromatic amines is 1. The minimum absolute atomic E-state index is 0. The van der Waals surface area contributed by atoms with Crippen molar-refractivity contribution >= 4 is 40.5 Å². The summed E-state index contributed by atoms with van der Waals surface area (Å²) in [6.07, 6.45) is 5.19. The van der Waals surface area contributed by atoms with Crippen LogP contribution in [0, 0.1) is 12.7 Å². The van der Waals surface area contributed by atoms with Crippen LogP contribution in [0.15, 0.2) is 48.7 Å². The molecule has 6 heteroatoms. The number of H-pyrrole nitrogens is 1. The number of nitrogens with zero attached hydrogens (tertiary/aromatic N) is 2. The number of anilines is 1. The second-order valence-electron chi connectivity index (χ2n) is 9.27. The third-order valence-corrected chi connectivity index (χ3v) is 6.82. The number of fused-ring (bicyclic) bond motifs is 2. The number of carbonyl (C=O) groups excluding carboxylic acids is 1. The van der Waals surface area contributed by atoms with Gasteiger partial charge in [-0.2, -0.15) is 0 Å². The van der Waals surface area contributed by atoms with E-state index < -0.39 is 5.41 Å². The molecule has 0 fully saturated rings. The Balaban J connectivity index is 0.00000245. The van der Waals surface area contributed by atoms with E-state index in [4.69, 9.17) is 0 Å². The number of rotatable bonds is 4. The summed E-state index contributed by atoms with van der Waals surface area (Å²) in [7, 11) is 0. The second kappa shape index (κ2) is 8.38. The van der Waals surface area contributed by atoms with E-state index in [0.717, 1.165) is 53.8 Å². The maximum Gasteiger partial charge on any atom is 0.237 e. The Labute approximate surface area is 194 Å². The lowest BCUT2D eigenvalue weighted by Gasteiger charge is -2.29. The van der Waals surface area contributed by atoms with Crippen molar-refractivity contribution in [3.8, 4) is 0 Å². The first kappa shape index (κ1) is 22.6. The summed E-state index contributed by atoms with van der Waals surface area (Å²) in [5.74, 6) is -0.0339. The van der Waals surface area contributed by atoms with Gasteiger partial charge in [-0.05, 0) is 62.6 Å². The van der Waals surface area contributed by atoms with Crippen molar-refractivity contribution in [3.05, 3.63) is 71.2 Å². The zero-order valence-electron chi connectivity index (χ0n) is 18.7. The first-order valence-electron chi connectivity index (χ1n) is 11.0. The first-order valence-corrected chi connectivity index (χ1v) is 11.0.